The lowest BCUT2D eigenvalue weighted by Crippen LogP contribution is -2.35. The van der Waals surface area contributed by atoms with Gasteiger partial charge in [-0.3, -0.25) is 9.59 Å². The second-order valence-electron chi connectivity index (χ2n) is 7.41. The highest BCUT2D eigenvalue weighted by Gasteiger charge is 2.18. The normalized spacial score (nSPS) is 10.8. The standard InChI is InChI=1S/C24H23N5O2S/c1-17-10-11-25-21(13-17)27-23(30)15-28(2)24(31)19-7-3-4-8-20(19)32-16-18-14-29-12-6-5-9-22(29)26-18/h3-14H,15-16H2,1-2H3,(H,25,27,30). The second-order valence-corrected chi connectivity index (χ2v) is 8.43. The number of carbonyl (C=O) groups is 2. The fourth-order valence-corrected chi connectivity index (χ4v) is 4.19. The number of imidazole rings is 1. The fraction of sp³-hybridized carbons (Fsp3) is 0.167. The van der Waals surface area contributed by atoms with E-state index in [0.29, 0.717) is 17.1 Å². The zero-order chi connectivity index (χ0) is 22.5. The molecular weight excluding hydrogens is 422 g/mol. The Bertz CT molecular complexity index is 1240. The van der Waals surface area contributed by atoms with Crippen LogP contribution in [0.5, 0.6) is 0 Å². The number of anilines is 1. The number of amides is 2. The first kappa shape index (κ1) is 21.6. The molecule has 0 radical (unpaired) electrons. The van der Waals surface area contributed by atoms with Crippen LogP contribution in [0.25, 0.3) is 5.65 Å². The first-order valence-electron chi connectivity index (χ1n) is 10.1. The van der Waals surface area contributed by atoms with Crippen molar-refractivity contribution in [3.05, 3.63) is 90.0 Å². The Morgan fingerprint density at radius 2 is 1.94 bits per heavy atom. The average Bonchev–Trinajstić information content (AvgIpc) is 3.20. The number of thioether (sulfide) groups is 1. The van der Waals surface area contributed by atoms with Gasteiger partial charge in [-0.1, -0.05) is 18.2 Å². The number of nitrogens with zero attached hydrogens (tertiary/aromatic N) is 4. The van der Waals surface area contributed by atoms with Gasteiger partial charge in [-0.2, -0.15) is 0 Å². The average molecular weight is 446 g/mol. The van der Waals surface area contributed by atoms with Crippen molar-refractivity contribution in [1.82, 2.24) is 19.3 Å². The molecule has 0 saturated carbocycles. The highest BCUT2D eigenvalue weighted by Crippen LogP contribution is 2.27. The fourth-order valence-electron chi connectivity index (χ4n) is 3.26. The summed E-state index contributed by atoms with van der Waals surface area (Å²) in [5.41, 5.74) is 3.38. The van der Waals surface area contributed by atoms with Crippen LogP contribution in [0.4, 0.5) is 5.82 Å². The highest BCUT2D eigenvalue weighted by atomic mass is 32.2. The molecule has 0 aliphatic carbocycles. The van der Waals surface area contributed by atoms with E-state index in [-0.39, 0.29) is 18.4 Å². The van der Waals surface area contributed by atoms with E-state index >= 15 is 0 Å². The van der Waals surface area contributed by atoms with E-state index in [4.69, 9.17) is 0 Å². The second kappa shape index (κ2) is 9.65. The Morgan fingerprint density at radius 3 is 2.75 bits per heavy atom. The molecule has 0 spiro atoms. The van der Waals surface area contributed by atoms with Gasteiger partial charge < -0.3 is 14.6 Å². The number of hydrogen-bond donors (Lipinski definition) is 1. The molecule has 0 bridgehead atoms. The minimum absolute atomic E-state index is 0.0696. The summed E-state index contributed by atoms with van der Waals surface area (Å²) < 4.78 is 1.97. The Hall–Kier alpha value is -3.65. The van der Waals surface area contributed by atoms with Gasteiger partial charge in [0.15, 0.2) is 0 Å². The molecule has 1 N–H and O–H groups in total. The van der Waals surface area contributed by atoms with Crippen LogP contribution in [0.2, 0.25) is 0 Å². The lowest BCUT2D eigenvalue weighted by molar-refractivity contribution is -0.116. The van der Waals surface area contributed by atoms with E-state index in [0.717, 1.165) is 21.8 Å². The molecule has 0 saturated heterocycles. The summed E-state index contributed by atoms with van der Waals surface area (Å²) in [5.74, 6) is 0.596. The molecule has 8 heteroatoms. The molecule has 162 valence electrons. The van der Waals surface area contributed by atoms with Crippen molar-refractivity contribution in [3.63, 3.8) is 0 Å². The molecule has 3 aromatic heterocycles. The number of hydrogen-bond acceptors (Lipinski definition) is 5. The van der Waals surface area contributed by atoms with Crippen LogP contribution in [-0.4, -0.2) is 44.7 Å². The molecule has 4 aromatic rings. The number of aryl methyl sites for hydroxylation is 1. The highest BCUT2D eigenvalue weighted by molar-refractivity contribution is 7.98. The first-order valence-corrected chi connectivity index (χ1v) is 11.1. The third kappa shape index (κ3) is 5.15. The van der Waals surface area contributed by atoms with E-state index in [9.17, 15) is 9.59 Å². The lowest BCUT2D eigenvalue weighted by Gasteiger charge is -2.18. The largest absolute Gasteiger partial charge is 0.332 e. The van der Waals surface area contributed by atoms with Crippen LogP contribution in [-0.2, 0) is 10.5 Å². The number of fused-ring (bicyclic) bond motifs is 1. The summed E-state index contributed by atoms with van der Waals surface area (Å²) in [4.78, 5) is 36.4. The predicted octanol–water partition coefficient (Wildman–Crippen LogP) is 4.04. The molecule has 0 aliphatic rings. The third-order valence-corrected chi connectivity index (χ3v) is 5.92. The van der Waals surface area contributed by atoms with Crippen LogP contribution >= 0.6 is 11.8 Å². The predicted molar refractivity (Wildman–Crippen MR) is 126 cm³/mol. The van der Waals surface area contributed by atoms with Gasteiger partial charge in [-0.05, 0) is 48.9 Å². The number of pyridine rings is 2. The van der Waals surface area contributed by atoms with Crippen molar-refractivity contribution in [3.8, 4) is 0 Å². The smallest absolute Gasteiger partial charge is 0.255 e. The lowest BCUT2D eigenvalue weighted by atomic mass is 10.2. The molecule has 0 atom stereocenters. The summed E-state index contributed by atoms with van der Waals surface area (Å²) in [6.45, 7) is 1.85. The Labute approximate surface area is 190 Å². The van der Waals surface area contributed by atoms with Crippen molar-refractivity contribution in [2.24, 2.45) is 0 Å². The number of nitrogens with one attached hydrogen (secondary N) is 1. The third-order valence-electron chi connectivity index (χ3n) is 4.82. The van der Waals surface area contributed by atoms with Gasteiger partial charge in [0.2, 0.25) is 5.91 Å². The van der Waals surface area contributed by atoms with Crippen molar-refractivity contribution >= 4 is 35.0 Å². The van der Waals surface area contributed by atoms with E-state index in [1.54, 1.807) is 37.1 Å². The molecule has 3 heterocycles. The zero-order valence-electron chi connectivity index (χ0n) is 17.9. The van der Waals surface area contributed by atoms with Gasteiger partial charge in [0.05, 0.1) is 17.8 Å². The van der Waals surface area contributed by atoms with E-state index in [1.165, 1.54) is 4.90 Å². The minimum atomic E-state index is -0.297. The zero-order valence-corrected chi connectivity index (χ0v) is 18.7. The van der Waals surface area contributed by atoms with E-state index < -0.39 is 0 Å². The monoisotopic (exact) mass is 445 g/mol. The maximum Gasteiger partial charge on any atom is 0.255 e. The van der Waals surface area contributed by atoms with Gasteiger partial charge in [0, 0.05) is 36.3 Å². The summed E-state index contributed by atoms with van der Waals surface area (Å²) >= 11 is 1.55. The van der Waals surface area contributed by atoms with E-state index in [2.05, 4.69) is 15.3 Å². The minimum Gasteiger partial charge on any atom is -0.332 e. The Kier molecular flexibility index (Phi) is 6.51. The van der Waals surface area contributed by atoms with Crippen molar-refractivity contribution < 1.29 is 9.59 Å². The van der Waals surface area contributed by atoms with Gasteiger partial charge in [0.1, 0.15) is 11.5 Å². The summed E-state index contributed by atoms with van der Waals surface area (Å²) in [6, 6.07) is 16.9. The molecule has 1 aromatic carbocycles. The summed E-state index contributed by atoms with van der Waals surface area (Å²) in [7, 11) is 1.62. The van der Waals surface area contributed by atoms with Crippen molar-refractivity contribution in [2.75, 3.05) is 18.9 Å². The Morgan fingerprint density at radius 1 is 1.12 bits per heavy atom. The molecule has 2 amide bonds. The first-order chi connectivity index (χ1) is 15.5. The van der Waals surface area contributed by atoms with Crippen LogP contribution < -0.4 is 5.32 Å². The maximum atomic E-state index is 13.1. The van der Waals surface area contributed by atoms with E-state index in [1.807, 2.05) is 66.2 Å². The van der Waals surface area contributed by atoms with Crippen molar-refractivity contribution in [2.45, 2.75) is 17.6 Å². The van der Waals surface area contributed by atoms with Crippen molar-refractivity contribution in [1.29, 1.82) is 0 Å². The van der Waals surface area contributed by atoms with Crippen LogP contribution in [0.15, 0.2) is 78.1 Å². The number of rotatable bonds is 7. The number of benzene rings is 1. The van der Waals surface area contributed by atoms with Gasteiger partial charge in [-0.15, -0.1) is 11.8 Å². The molecule has 4 rings (SSSR count). The molecular formula is C24H23N5O2S. The SMILES string of the molecule is Cc1ccnc(NC(=O)CN(C)C(=O)c2ccccc2SCc2cn3ccccc3n2)c1. The number of carbonyl (C=O) groups excluding carboxylic acids is 2. The molecule has 0 aliphatic heterocycles. The van der Waals surface area contributed by atoms with Crippen LogP contribution in [0, 0.1) is 6.92 Å². The topological polar surface area (TPSA) is 79.6 Å². The number of aromatic nitrogens is 3. The molecule has 0 fully saturated rings. The molecule has 0 unspecified atom stereocenters. The van der Waals surface area contributed by atoms with Gasteiger partial charge in [0.25, 0.3) is 5.91 Å². The Balaban J connectivity index is 1.41. The quantitative estimate of drug-likeness (QED) is 0.434. The number of likely N-dealkylation sites (N-methyl/N-ethyl adjacent to an activating group) is 1. The van der Waals surface area contributed by atoms with Gasteiger partial charge >= 0.3 is 0 Å². The van der Waals surface area contributed by atoms with Crippen LogP contribution in [0.1, 0.15) is 21.6 Å². The summed E-state index contributed by atoms with van der Waals surface area (Å²) in [5, 5.41) is 2.73. The molecule has 32 heavy (non-hydrogen) atoms. The van der Waals surface area contributed by atoms with Crippen LogP contribution in [0.3, 0.4) is 0 Å². The summed E-state index contributed by atoms with van der Waals surface area (Å²) in [6.07, 6.45) is 5.58. The molecule has 7 nitrogen and oxygen atoms in total. The maximum absolute atomic E-state index is 13.1. The van der Waals surface area contributed by atoms with Gasteiger partial charge in [-0.25, -0.2) is 9.97 Å².